The monoisotopic (exact) mass is 434 g/mol. The zero-order valence-corrected chi connectivity index (χ0v) is 21.7. The van der Waals surface area contributed by atoms with Crippen LogP contribution in [0.25, 0.3) is 0 Å². The van der Waals surface area contributed by atoms with Crippen LogP contribution in [0.15, 0.2) is 0 Å². The summed E-state index contributed by atoms with van der Waals surface area (Å²) in [6.07, 6.45) is 20.2. The Morgan fingerprint density at radius 1 is 0.636 bits per heavy atom. The molecule has 1 radical (unpaired) electrons. The van der Waals surface area contributed by atoms with Gasteiger partial charge in [-0.2, -0.15) is 0 Å². The van der Waals surface area contributed by atoms with E-state index in [1.54, 1.807) is 0 Å². The van der Waals surface area contributed by atoms with E-state index >= 15 is 0 Å². The van der Waals surface area contributed by atoms with E-state index in [4.69, 9.17) is 5.11 Å². The van der Waals surface area contributed by atoms with Crippen molar-refractivity contribution in [2.24, 2.45) is 0 Å². The van der Waals surface area contributed by atoms with E-state index in [1.165, 1.54) is 83.5 Å². The summed E-state index contributed by atoms with van der Waals surface area (Å²) in [6, 6.07) is 0. The second-order valence-electron chi connectivity index (χ2n) is 6.09. The summed E-state index contributed by atoms with van der Waals surface area (Å²) in [6.45, 7) is 2.27. The van der Waals surface area contributed by atoms with Crippen LogP contribution in [0, 0.1) is 0 Å². The van der Waals surface area contributed by atoms with Gasteiger partial charge in [0.2, 0.25) is 0 Å². The average Bonchev–Trinajstić information content (AvgIpc) is 2.43. The molecule has 0 spiro atoms. The van der Waals surface area contributed by atoms with Crippen molar-refractivity contribution in [2.45, 2.75) is 110 Å². The molecule has 3 nitrogen and oxygen atoms in total. The number of aliphatic carboxylic acids is 1. The van der Waals surface area contributed by atoms with Crippen molar-refractivity contribution in [3.05, 3.63) is 0 Å². The van der Waals surface area contributed by atoms with Crippen LogP contribution in [0.3, 0.4) is 0 Å². The molecule has 0 aromatic carbocycles. The number of hydrogen-bond donors (Lipinski definition) is 2. The minimum absolute atomic E-state index is 0. The van der Waals surface area contributed by atoms with Gasteiger partial charge in [-0.15, -0.1) is 0 Å². The summed E-state index contributed by atoms with van der Waals surface area (Å²) in [4.78, 5) is 10.3. The summed E-state index contributed by atoms with van der Waals surface area (Å²) in [5.41, 5.74) is 0. The van der Waals surface area contributed by atoms with Crippen LogP contribution in [0.2, 0.25) is 0 Å². The molecule has 0 amide bonds. The minimum atomic E-state index is -0.653. The number of rotatable bonds is 16. The molecule has 4 heteroatoms. The SMILES string of the molecule is CCCCCCCCCCCCCCCCCC(=O)O.N.[Cs]. The van der Waals surface area contributed by atoms with Gasteiger partial charge < -0.3 is 11.3 Å². The van der Waals surface area contributed by atoms with Crippen LogP contribution in [0.1, 0.15) is 110 Å². The van der Waals surface area contributed by atoms with Crippen molar-refractivity contribution in [1.82, 2.24) is 6.15 Å². The van der Waals surface area contributed by atoms with E-state index in [9.17, 15) is 4.79 Å². The first kappa shape index (κ1) is 28.3. The van der Waals surface area contributed by atoms with Crippen molar-refractivity contribution in [3.63, 3.8) is 0 Å². The molecular weight excluding hydrogens is 395 g/mol. The Bertz CT molecular complexity index is 213. The second kappa shape index (κ2) is 24.7. The van der Waals surface area contributed by atoms with Crippen LogP contribution in [-0.4, -0.2) is 80.0 Å². The fourth-order valence-electron chi connectivity index (χ4n) is 2.65. The van der Waals surface area contributed by atoms with E-state index in [0.717, 1.165) is 12.8 Å². The predicted octanol–water partition coefficient (Wildman–Crippen LogP) is 6.11. The molecule has 0 saturated carbocycles. The van der Waals surface area contributed by atoms with E-state index < -0.39 is 5.97 Å². The van der Waals surface area contributed by atoms with Crippen molar-refractivity contribution in [3.8, 4) is 0 Å². The van der Waals surface area contributed by atoms with Gasteiger partial charge in [-0.05, 0) is 6.42 Å². The zero-order chi connectivity index (χ0) is 14.9. The third-order valence-corrected chi connectivity index (χ3v) is 3.99. The largest absolute Gasteiger partial charge is 0.481 e. The van der Waals surface area contributed by atoms with Crippen molar-refractivity contribution >= 4 is 74.9 Å². The van der Waals surface area contributed by atoms with Gasteiger partial charge in [0.05, 0.1) is 0 Å². The Labute approximate surface area is 197 Å². The third kappa shape index (κ3) is 26.4. The maximum atomic E-state index is 10.3. The van der Waals surface area contributed by atoms with Gasteiger partial charge in [0.25, 0.3) is 0 Å². The summed E-state index contributed by atoms with van der Waals surface area (Å²) >= 11 is 0. The molecule has 0 aliphatic rings. The Morgan fingerprint density at radius 3 is 1.18 bits per heavy atom. The van der Waals surface area contributed by atoms with Gasteiger partial charge in [0.15, 0.2) is 0 Å². The molecule has 0 aliphatic heterocycles. The summed E-state index contributed by atoms with van der Waals surface area (Å²) in [5, 5.41) is 8.52. The molecule has 0 saturated heterocycles. The second-order valence-corrected chi connectivity index (χ2v) is 6.09. The molecule has 4 N–H and O–H groups in total. The van der Waals surface area contributed by atoms with Crippen LogP contribution in [-0.2, 0) is 4.79 Å². The molecule has 0 bridgehead atoms. The van der Waals surface area contributed by atoms with Gasteiger partial charge in [-0.3, -0.25) is 4.79 Å². The van der Waals surface area contributed by atoms with E-state index in [-0.39, 0.29) is 75.0 Å². The van der Waals surface area contributed by atoms with E-state index in [2.05, 4.69) is 6.92 Å². The van der Waals surface area contributed by atoms with Crippen LogP contribution < -0.4 is 6.15 Å². The van der Waals surface area contributed by atoms with Crippen LogP contribution in [0.4, 0.5) is 0 Å². The summed E-state index contributed by atoms with van der Waals surface area (Å²) in [5.74, 6) is -0.653. The van der Waals surface area contributed by atoms with Gasteiger partial charge in [0, 0.05) is 75.3 Å². The Morgan fingerprint density at radius 2 is 0.909 bits per heavy atom. The summed E-state index contributed by atoms with van der Waals surface area (Å²) in [7, 11) is 0. The van der Waals surface area contributed by atoms with Gasteiger partial charge in [0.1, 0.15) is 0 Å². The average molecular weight is 434 g/mol. The number of carboxylic acids is 1. The Hall–Kier alpha value is 1.48. The molecule has 0 fully saturated rings. The Balaban J connectivity index is -0.00000180. The van der Waals surface area contributed by atoms with Gasteiger partial charge >= 0.3 is 5.97 Å². The predicted molar refractivity (Wildman–Crippen MR) is 98.0 cm³/mol. The molecule has 0 atom stereocenters. The number of unbranched alkanes of at least 4 members (excludes halogenated alkanes) is 14. The quantitative estimate of drug-likeness (QED) is 0.288. The molecule has 22 heavy (non-hydrogen) atoms. The first-order chi connectivity index (χ1) is 9.77. The fraction of sp³-hybridized carbons (Fsp3) is 0.944. The number of hydrogen-bond acceptors (Lipinski definition) is 2. The maximum absolute atomic E-state index is 10.3. The number of carbonyl (C=O) groups is 1. The normalized spacial score (nSPS) is 9.86. The summed E-state index contributed by atoms with van der Waals surface area (Å²) < 4.78 is 0. The molecule has 0 aliphatic carbocycles. The maximum Gasteiger partial charge on any atom is 0.303 e. The third-order valence-electron chi connectivity index (χ3n) is 3.99. The number of carboxylic acid groups (broad SMARTS) is 1. The first-order valence-electron chi connectivity index (χ1n) is 8.99. The van der Waals surface area contributed by atoms with Crippen molar-refractivity contribution in [2.75, 3.05) is 0 Å². The van der Waals surface area contributed by atoms with Crippen molar-refractivity contribution in [1.29, 1.82) is 0 Å². The minimum Gasteiger partial charge on any atom is -0.481 e. The first-order valence-corrected chi connectivity index (χ1v) is 8.99. The molecule has 0 unspecified atom stereocenters. The van der Waals surface area contributed by atoms with Crippen LogP contribution in [0.5, 0.6) is 0 Å². The van der Waals surface area contributed by atoms with E-state index in [1.807, 2.05) is 0 Å². The zero-order valence-electron chi connectivity index (χ0n) is 15.4. The molecule has 0 heterocycles. The Kier molecular flexibility index (Phi) is 31.8. The van der Waals surface area contributed by atoms with Crippen molar-refractivity contribution < 1.29 is 9.90 Å². The smallest absolute Gasteiger partial charge is 0.303 e. The van der Waals surface area contributed by atoms with Gasteiger partial charge in [-0.1, -0.05) is 96.8 Å². The molecule has 0 aromatic heterocycles. The fourth-order valence-corrected chi connectivity index (χ4v) is 2.65. The molecule has 0 rings (SSSR count). The molecule has 129 valence electrons. The van der Waals surface area contributed by atoms with E-state index in [0.29, 0.717) is 6.42 Å². The molecular formula is C18H39CsNO2. The van der Waals surface area contributed by atoms with Gasteiger partial charge in [-0.25, -0.2) is 0 Å². The molecule has 0 aromatic rings. The topological polar surface area (TPSA) is 72.3 Å². The van der Waals surface area contributed by atoms with Crippen LogP contribution >= 0.6 is 0 Å². The standard InChI is InChI=1S/C18H36O2.Cs.H3N/c1-2-3-4-5-6-7-8-9-10-11-12-13-14-15-16-17-18(19)20;;/h2-17H2,1H3,(H,19,20);;1H3.